The molecule has 1 fully saturated rings. The molecular formula is C21H18N4O5. The summed E-state index contributed by atoms with van der Waals surface area (Å²) in [5, 5.41) is 9.09. The van der Waals surface area contributed by atoms with Crippen LogP contribution in [0.3, 0.4) is 0 Å². The average molecular weight is 406 g/mol. The number of aromatic nitrogens is 3. The van der Waals surface area contributed by atoms with Gasteiger partial charge in [-0.25, -0.2) is 23.7 Å². The van der Waals surface area contributed by atoms with Gasteiger partial charge in [0.1, 0.15) is 12.3 Å². The Labute approximate surface area is 170 Å². The zero-order chi connectivity index (χ0) is 21.4. The summed E-state index contributed by atoms with van der Waals surface area (Å²) in [6.45, 7) is -0.478. The molecule has 1 aromatic carbocycles. The van der Waals surface area contributed by atoms with Crippen LogP contribution in [0.4, 0.5) is 0 Å². The Morgan fingerprint density at radius 2 is 2.00 bits per heavy atom. The summed E-state index contributed by atoms with van der Waals surface area (Å²) in [4.78, 5) is 43.5. The highest BCUT2D eigenvalue weighted by Crippen LogP contribution is 2.40. The van der Waals surface area contributed by atoms with Gasteiger partial charge < -0.3 is 9.47 Å². The van der Waals surface area contributed by atoms with Crippen LogP contribution in [0.1, 0.15) is 34.8 Å². The molecule has 1 aliphatic rings. The van der Waals surface area contributed by atoms with E-state index in [1.807, 2.05) is 6.07 Å². The number of carbonyl (C=O) groups is 1. The van der Waals surface area contributed by atoms with Crippen LogP contribution in [0, 0.1) is 11.3 Å². The lowest BCUT2D eigenvalue weighted by Crippen LogP contribution is -2.40. The van der Waals surface area contributed by atoms with Crippen molar-refractivity contribution < 1.29 is 14.3 Å². The summed E-state index contributed by atoms with van der Waals surface area (Å²) in [7, 11) is 2.68. The lowest BCUT2D eigenvalue weighted by atomic mass is 10.1. The van der Waals surface area contributed by atoms with Crippen molar-refractivity contribution in [1.82, 2.24) is 14.1 Å². The number of rotatable bonds is 5. The number of para-hydroxylation sites is 2. The predicted molar refractivity (Wildman–Crippen MR) is 107 cm³/mol. The van der Waals surface area contributed by atoms with Gasteiger partial charge in [0.15, 0.2) is 5.65 Å². The van der Waals surface area contributed by atoms with Gasteiger partial charge in [0.05, 0.1) is 36.9 Å². The summed E-state index contributed by atoms with van der Waals surface area (Å²) >= 11 is 0. The van der Waals surface area contributed by atoms with Gasteiger partial charge in [-0.15, -0.1) is 0 Å². The summed E-state index contributed by atoms with van der Waals surface area (Å²) in [6, 6.07) is 10.1. The fraction of sp³-hybridized carbons (Fsp3) is 0.286. The molecule has 0 radical (unpaired) electrons. The lowest BCUT2D eigenvalue weighted by Gasteiger charge is -2.16. The monoisotopic (exact) mass is 406 g/mol. The van der Waals surface area contributed by atoms with Crippen LogP contribution in [0.15, 0.2) is 39.9 Å². The SMILES string of the molecule is COC(=O)c1cc(C2CC2)nc2c1c(=O)n(CC#N)c(=O)n2-c1ccccc1OC. The van der Waals surface area contributed by atoms with Crippen LogP contribution < -0.4 is 16.0 Å². The molecule has 9 nitrogen and oxygen atoms in total. The number of benzene rings is 1. The van der Waals surface area contributed by atoms with Crippen molar-refractivity contribution in [2.45, 2.75) is 25.3 Å². The molecule has 0 amide bonds. The number of hydrogen-bond acceptors (Lipinski definition) is 7. The van der Waals surface area contributed by atoms with Gasteiger partial charge in [-0.3, -0.25) is 4.79 Å². The van der Waals surface area contributed by atoms with E-state index in [1.165, 1.54) is 18.8 Å². The van der Waals surface area contributed by atoms with Crippen LogP contribution in [0.25, 0.3) is 16.7 Å². The maximum absolute atomic E-state index is 13.3. The van der Waals surface area contributed by atoms with Crippen LogP contribution in [-0.2, 0) is 11.3 Å². The molecule has 3 aromatic rings. The Balaban J connectivity index is 2.24. The van der Waals surface area contributed by atoms with E-state index in [-0.39, 0.29) is 22.5 Å². The second kappa shape index (κ2) is 7.48. The minimum Gasteiger partial charge on any atom is -0.495 e. The minimum atomic E-state index is -0.766. The second-order valence-corrected chi connectivity index (χ2v) is 6.90. The zero-order valence-electron chi connectivity index (χ0n) is 16.4. The van der Waals surface area contributed by atoms with E-state index < -0.39 is 23.8 Å². The Bertz CT molecular complexity index is 1330. The molecule has 1 saturated carbocycles. The molecule has 0 spiro atoms. The molecule has 152 valence electrons. The Morgan fingerprint density at radius 3 is 2.63 bits per heavy atom. The fourth-order valence-corrected chi connectivity index (χ4v) is 3.46. The summed E-state index contributed by atoms with van der Waals surface area (Å²) in [6.07, 6.45) is 1.81. The molecule has 1 aliphatic carbocycles. The van der Waals surface area contributed by atoms with E-state index in [1.54, 1.807) is 30.3 Å². The standard InChI is InChI=1S/C21H18N4O5/c1-29-16-6-4-3-5-15(16)25-18-17(19(26)24(10-9-22)21(25)28)13(20(27)30-2)11-14(23-18)12-7-8-12/h3-6,11-12H,7-8,10H2,1-2H3. The smallest absolute Gasteiger partial charge is 0.338 e. The number of nitrogens with zero attached hydrogens (tertiary/aromatic N) is 4. The van der Waals surface area contributed by atoms with E-state index >= 15 is 0 Å². The van der Waals surface area contributed by atoms with Crippen LogP contribution in [0.5, 0.6) is 5.75 Å². The first kappa shape index (κ1) is 19.4. The molecule has 0 saturated heterocycles. The fourth-order valence-electron chi connectivity index (χ4n) is 3.46. The number of pyridine rings is 1. The van der Waals surface area contributed by atoms with Crippen molar-refractivity contribution in [3.63, 3.8) is 0 Å². The zero-order valence-corrected chi connectivity index (χ0v) is 16.4. The van der Waals surface area contributed by atoms with Crippen LogP contribution >= 0.6 is 0 Å². The second-order valence-electron chi connectivity index (χ2n) is 6.90. The predicted octanol–water partition coefficient (Wildman–Crippen LogP) is 1.74. The van der Waals surface area contributed by atoms with Crippen LogP contribution in [0.2, 0.25) is 0 Å². The molecule has 9 heteroatoms. The normalized spacial score (nSPS) is 13.1. The first-order valence-corrected chi connectivity index (χ1v) is 9.31. The summed E-state index contributed by atoms with van der Waals surface area (Å²) in [5.41, 5.74) is -0.493. The number of fused-ring (bicyclic) bond motifs is 1. The van der Waals surface area contributed by atoms with Gasteiger partial charge in [-0.2, -0.15) is 5.26 Å². The molecule has 2 aromatic heterocycles. The molecule has 0 aliphatic heterocycles. The van der Waals surface area contributed by atoms with Gasteiger partial charge >= 0.3 is 11.7 Å². The van der Waals surface area contributed by atoms with Crippen LogP contribution in [-0.4, -0.2) is 34.3 Å². The van der Waals surface area contributed by atoms with Gasteiger partial charge in [-0.1, -0.05) is 12.1 Å². The lowest BCUT2D eigenvalue weighted by molar-refractivity contribution is 0.0602. The third-order valence-corrected chi connectivity index (χ3v) is 5.07. The van der Waals surface area contributed by atoms with Crippen molar-refractivity contribution in [1.29, 1.82) is 5.26 Å². The van der Waals surface area contributed by atoms with E-state index in [9.17, 15) is 14.4 Å². The maximum atomic E-state index is 13.3. The molecule has 2 heterocycles. The first-order chi connectivity index (χ1) is 14.5. The molecule has 4 rings (SSSR count). The van der Waals surface area contributed by atoms with Crippen molar-refractivity contribution in [2.24, 2.45) is 0 Å². The van der Waals surface area contributed by atoms with E-state index in [0.717, 1.165) is 17.4 Å². The van der Waals surface area contributed by atoms with Gasteiger partial charge in [-0.05, 0) is 31.0 Å². The van der Waals surface area contributed by atoms with Gasteiger partial charge in [0.2, 0.25) is 0 Å². The Kier molecular flexibility index (Phi) is 4.83. The molecule has 0 N–H and O–H groups in total. The quantitative estimate of drug-likeness (QED) is 0.593. The highest BCUT2D eigenvalue weighted by molar-refractivity contribution is 6.02. The molecular weight excluding hydrogens is 388 g/mol. The summed E-state index contributed by atoms with van der Waals surface area (Å²) in [5.74, 6) is -0.183. The molecule has 0 bridgehead atoms. The minimum absolute atomic E-state index is 0.0183. The van der Waals surface area contributed by atoms with E-state index in [4.69, 9.17) is 14.7 Å². The van der Waals surface area contributed by atoms with Crippen molar-refractivity contribution in [2.75, 3.05) is 14.2 Å². The third kappa shape index (κ3) is 3.03. The van der Waals surface area contributed by atoms with Crippen molar-refractivity contribution in [3.05, 3.63) is 62.4 Å². The number of methoxy groups -OCH3 is 2. The molecule has 0 atom stereocenters. The number of ether oxygens (including phenoxy) is 2. The Morgan fingerprint density at radius 1 is 1.27 bits per heavy atom. The topological polar surface area (TPSA) is 116 Å². The molecule has 30 heavy (non-hydrogen) atoms. The number of carbonyl (C=O) groups excluding carboxylic acids is 1. The first-order valence-electron chi connectivity index (χ1n) is 9.31. The van der Waals surface area contributed by atoms with Crippen molar-refractivity contribution >= 4 is 17.0 Å². The van der Waals surface area contributed by atoms with E-state index in [0.29, 0.717) is 17.1 Å². The maximum Gasteiger partial charge on any atom is 0.338 e. The number of nitriles is 1. The largest absolute Gasteiger partial charge is 0.495 e. The third-order valence-electron chi connectivity index (χ3n) is 5.07. The Hall–Kier alpha value is -3.93. The highest BCUT2D eigenvalue weighted by Gasteiger charge is 2.30. The van der Waals surface area contributed by atoms with Crippen molar-refractivity contribution in [3.8, 4) is 17.5 Å². The van der Waals surface area contributed by atoms with Gasteiger partial charge in [0.25, 0.3) is 5.56 Å². The summed E-state index contributed by atoms with van der Waals surface area (Å²) < 4.78 is 12.3. The van der Waals surface area contributed by atoms with Gasteiger partial charge in [0, 0.05) is 11.6 Å². The molecule has 0 unspecified atom stereocenters. The number of hydrogen-bond donors (Lipinski definition) is 0. The number of esters is 1. The average Bonchev–Trinajstić information content (AvgIpc) is 3.61. The highest BCUT2D eigenvalue weighted by atomic mass is 16.5. The van der Waals surface area contributed by atoms with E-state index in [2.05, 4.69) is 4.98 Å².